The van der Waals surface area contributed by atoms with E-state index in [2.05, 4.69) is 5.32 Å². The molecule has 0 bridgehead atoms. The molecule has 2 rings (SSSR count). The number of ether oxygens (including phenoxy) is 1. The highest BCUT2D eigenvalue weighted by molar-refractivity contribution is 7.89. The van der Waals surface area contributed by atoms with Gasteiger partial charge in [-0.25, -0.2) is 8.42 Å². The van der Waals surface area contributed by atoms with Crippen molar-refractivity contribution in [3.05, 3.63) is 15.8 Å². The van der Waals surface area contributed by atoms with Gasteiger partial charge in [0.2, 0.25) is 10.0 Å². The third kappa shape index (κ3) is 2.92. The van der Waals surface area contributed by atoms with Crippen LogP contribution in [0.5, 0.6) is 0 Å². The molecular weight excluding hydrogens is 296 g/mol. The summed E-state index contributed by atoms with van der Waals surface area (Å²) in [7, 11) is -1.61. The lowest BCUT2D eigenvalue weighted by Crippen LogP contribution is -2.48. The van der Waals surface area contributed by atoms with Gasteiger partial charge in [-0.3, -0.25) is 0 Å². The Morgan fingerprint density at radius 2 is 2.30 bits per heavy atom. The Balaban J connectivity index is 2.41. The summed E-state index contributed by atoms with van der Waals surface area (Å²) in [6.45, 7) is 5.84. The van der Waals surface area contributed by atoms with E-state index in [-0.39, 0.29) is 6.04 Å². The zero-order valence-corrected chi connectivity index (χ0v) is 13.8. The maximum atomic E-state index is 13.0. The number of sulfonamides is 1. The minimum atomic E-state index is -3.44. The Labute approximate surface area is 125 Å². The number of thiophene rings is 1. The lowest BCUT2D eigenvalue weighted by molar-refractivity contribution is 0.0314. The molecule has 0 radical (unpaired) electrons. The Morgan fingerprint density at radius 1 is 1.55 bits per heavy atom. The molecule has 114 valence electrons. The summed E-state index contributed by atoms with van der Waals surface area (Å²) in [5.41, 5.74) is 0.835. The van der Waals surface area contributed by atoms with Gasteiger partial charge in [-0.15, -0.1) is 11.3 Å². The van der Waals surface area contributed by atoms with E-state index in [4.69, 9.17) is 4.74 Å². The van der Waals surface area contributed by atoms with Crippen molar-refractivity contribution in [2.45, 2.75) is 37.8 Å². The summed E-state index contributed by atoms with van der Waals surface area (Å²) >= 11 is 1.50. The lowest BCUT2D eigenvalue weighted by Gasteiger charge is -2.34. The summed E-state index contributed by atoms with van der Waals surface area (Å²) in [4.78, 5) is 1.36. The first-order chi connectivity index (χ1) is 9.52. The number of morpholine rings is 1. The molecule has 0 spiro atoms. The van der Waals surface area contributed by atoms with Crippen molar-refractivity contribution in [2.75, 3.05) is 26.8 Å². The van der Waals surface area contributed by atoms with Crippen LogP contribution in [0.1, 0.15) is 23.8 Å². The Morgan fingerprint density at radius 3 is 2.95 bits per heavy atom. The van der Waals surface area contributed by atoms with Gasteiger partial charge in [-0.05, 0) is 31.3 Å². The first-order valence-electron chi connectivity index (χ1n) is 6.83. The highest BCUT2D eigenvalue weighted by Crippen LogP contribution is 2.31. The molecule has 1 N–H and O–H groups in total. The third-order valence-corrected chi connectivity index (χ3v) is 6.95. The molecule has 20 heavy (non-hydrogen) atoms. The van der Waals surface area contributed by atoms with Crippen molar-refractivity contribution in [1.82, 2.24) is 9.62 Å². The Kier molecular flexibility index (Phi) is 5.19. The molecule has 1 fully saturated rings. The summed E-state index contributed by atoms with van der Waals surface area (Å²) in [5.74, 6) is 0. The molecule has 0 aliphatic carbocycles. The third-order valence-electron chi connectivity index (χ3n) is 3.54. The fourth-order valence-electron chi connectivity index (χ4n) is 2.51. The van der Waals surface area contributed by atoms with Gasteiger partial charge in [0, 0.05) is 24.0 Å². The van der Waals surface area contributed by atoms with Crippen molar-refractivity contribution < 1.29 is 13.2 Å². The zero-order valence-electron chi connectivity index (χ0n) is 12.2. The molecule has 5 nitrogen and oxygen atoms in total. The van der Waals surface area contributed by atoms with Gasteiger partial charge < -0.3 is 10.1 Å². The van der Waals surface area contributed by atoms with Crippen LogP contribution in [0.4, 0.5) is 0 Å². The summed E-state index contributed by atoms with van der Waals surface area (Å²) < 4.78 is 33.0. The molecule has 1 aromatic rings. The molecule has 1 aromatic heterocycles. The SMILES string of the molecule is CCC1COCCN1S(=O)(=O)c1c(C)csc1CNC. The normalized spacial score (nSPS) is 21.2. The van der Waals surface area contributed by atoms with E-state index in [9.17, 15) is 8.42 Å². The van der Waals surface area contributed by atoms with Gasteiger partial charge in [0.05, 0.1) is 13.2 Å². The van der Waals surface area contributed by atoms with Crippen molar-refractivity contribution in [3.8, 4) is 0 Å². The number of rotatable bonds is 5. The molecule has 1 aliphatic rings. The predicted molar refractivity (Wildman–Crippen MR) is 80.6 cm³/mol. The van der Waals surface area contributed by atoms with E-state index in [1.165, 1.54) is 11.3 Å². The average Bonchev–Trinajstić information content (AvgIpc) is 2.81. The van der Waals surface area contributed by atoms with Crippen LogP contribution in [0.25, 0.3) is 0 Å². The van der Waals surface area contributed by atoms with Crippen LogP contribution < -0.4 is 5.32 Å². The molecular formula is C13H22N2O3S2. The molecule has 0 aromatic carbocycles. The Hall–Kier alpha value is -0.470. The molecule has 2 heterocycles. The van der Waals surface area contributed by atoms with Crippen molar-refractivity contribution >= 4 is 21.4 Å². The topological polar surface area (TPSA) is 58.6 Å². The second-order valence-electron chi connectivity index (χ2n) is 4.95. The van der Waals surface area contributed by atoms with Gasteiger partial charge in [-0.2, -0.15) is 4.31 Å². The second kappa shape index (κ2) is 6.53. The fourth-order valence-corrected chi connectivity index (χ4v) is 5.96. The first kappa shape index (κ1) is 15.9. The van der Waals surface area contributed by atoms with E-state index < -0.39 is 10.0 Å². The summed E-state index contributed by atoms with van der Waals surface area (Å²) in [5, 5.41) is 4.96. The van der Waals surface area contributed by atoms with Crippen LogP contribution in [-0.4, -0.2) is 45.6 Å². The predicted octanol–water partition coefficient (Wildman–Crippen LogP) is 1.58. The summed E-state index contributed by atoms with van der Waals surface area (Å²) in [6.07, 6.45) is 0.768. The van der Waals surface area contributed by atoms with E-state index >= 15 is 0 Å². The molecule has 1 unspecified atom stereocenters. The van der Waals surface area contributed by atoms with Crippen molar-refractivity contribution in [2.24, 2.45) is 0 Å². The first-order valence-corrected chi connectivity index (χ1v) is 9.15. The minimum absolute atomic E-state index is 0.0597. The number of aryl methyl sites for hydroxylation is 1. The molecule has 0 saturated carbocycles. The molecule has 1 aliphatic heterocycles. The van der Waals surface area contributed by atoms with Gasteiger partial charge in [0.25, 0.3) is 0 Å². The molecule has 1 atom stereocenters. The monoisotopic (exact) mass is 318 g/mol. The number of hydrogen-bond acceptors (Lipinski definition) is 5. The molecule has 1 saturated heterocycles. The van der Waals surface area contributed by atoms with Gasteiger partial charge in [0.1, 0.15) is 4.90 Å². The van der Waals surface area contributed by atoms with Gasteiger partial charge in [-0.1, -0.05) is 6.92 Å². The van der Waals surface area contributed by atoms with Crippen LogP contribution in [0.3, 0.4) is 0 Å². The van der Waals surface area contributed by atoms with Crippen LogP contribution in [0.15, 0.2) is 10.3 Å². The Bertz CT molecular complexity index is 554. The quantitative estimate of drug-likeness (QED) is 0.895. The highest BCUT2D eigenvalue weighted by Gasteiger charge is 2.35. The van der Waals surface area contributed by atoms with Gasteiger partial charge >= 0.3 is 0 Å². The van der Waals surface area contributed by atoms with Gasteiger partial charge in [0.15, 0.2) is 0 Å². The van der Waals surface area contributed by atoms with Crippen LogP contribution in [0, 0.1) is 6.92 Å². The maximum Gasteiger partial charge on any atom is 0.244 e. The lowest BCUT2D eigenvalue weighted by atomic mass is 10.2. The maximum absolute atomic E-state index is 13.0. The number of nitrogens with zero attached hydrogens (tertiary/aromatic N) is 1. The number of nitrogens with one attached hydrogen (secondary N) is 1. The smallest absolute Gasteiger partial charge is 0.244 e. The van der Waals surface area contributed by atoms with E-state index in [1.807, 2.05) is 26.3 Å². The van der Waals surface area contributed by atoms with Crippen molar-refractivity contribution in [3.63, 3.8) is 0 Å². The largest absolute Gasteiger partial charge is 0.378 e. The van der Waals surface area contributed by atoms with Crippen LogP contribution in [-0.2, 0) is 21.3 Å². The average molecular weight is 318 g/mol. The summed E-state index contributed by atoms with van der Waals surface area (Å²) in [6, 6.07) is -0.0597. The zero-order chi connectivity index (χ0) is 14.8. The fraction of sp³-hybridized carbons (Fsp3) is 0.692. The highest BCUT2D eigenvalue weighted by atomic mass is 32.2. The van der Waals surface area contributed by atoms with Crippen LogP contribution in [0.2, 0.25) is 0 Å². The van der Waals surface area contributed by atoms with E-state index in [0.717, 1.165) is 16.9 Å². The minimum Gasteiger partial charge on any atom is -0.378 e. The molecule has 7 heteroatoms. The van der Waals surface area contributed by atoms with E-state index in [0.29, 0.717) is 31.2 Å². The van der Waals surface area contributed by atoms with E-state index in [1.54, 1.807) is 4.31 Å². The standard InChI is InChI=1S/C13H22N2O3S2/c1-4-11-8-18-6-5-15(11)20(16,17)13-10(2)9-19-12(13)7-14-3/h9,11,14H,4-8H2,1-3H3. The van der Waals surface area contributed by atoms with Crippen LogP contribution >= 0.6 is 11.3 Å². The number of hydrogen-bond donors (Lipinski definition) is 1. The molecule has 0 amide bonds. The second-order valence-corrected chi connectivity index (χ2v) is 7.75. The van der Waals surface area contributed by atoms with Crippen molar-refractivity contribution in [1.29, 1.82) is 0 Å².